The second-order valence-electron chi connectivity index (χ2n) is 5.86. The molecule has 1 heterocycles. The third-order valence-corrected chi connectivity index (χ3v) is 4.38. The van der Waals surface area contributed by atoms with Gasteiger partial charge in [0.15, 0.2) is 0 Å². The van der Waals surface area contributed by atoms with Gasteiger partial charge in [-0.25, -0.2) is 0 Å². The molecule has 0 aromatic rings. The fourth-order valence-corrected chi connectivity index (χ4v) is 3.14. The van der Waals surface area contributed by atoms with E-state index in [9.17, 15) is 4.79 Å². The van der Waals surface area contributed by atoms with Crippen LogP contribution in [-0.2, 0) is 4.79 Å². The zero-order valence-electron chi connectivity index (χ0n) is 11.0. The lowest BCUT2D eigenvalue weighted by Gasteiger charge is -2.40. The maximum Gasteiger partial charge on any atom is 0.225 e. The quantitative estimate of drug-likeness (QED) is 0.815. The molecule has 3 heteroatoms. The van der Waals surface area contributed by atoms with Gasteiger partial charge in [0.1, 0.15) is 0 Å². The summed E-state index contributed by atoms with van der Waals surface area (Å²) in [7, 11) is 0. The monoisotopic (exact) mass is 238 g/mol. The van der Waals surface area contributed by atoms with Crippen molar-refractivity contribution in [2.75, 3.05) is 13.1 Å². The Morgan fingerprint density at radius 1 is 1.24 bits per heavy atom. The molecule has 0 radical (unpaired) electrons. The molecule has 1 saturated carbocycles. The molecule has 17 heavy (non-hydrogen) atoms. The van der Waals surface area contributed by atoms with E-state index in [4.69, 9.17) is 5.73 Å². The topological polar surface area (TPSA) is 46.3 Å². The first-order valence-corrected chi connectivity index (χ1v) is 7.25. The van der Waals surface area contributed by atoms with Gasteiger partial charge in [0.2, 0.25) is 5.91 Å². The van der Waals surface area contributed by atoms with Gasteiger partial charge in [0.25, 0.3) is 0 Å². The van der Waals surface area contributed by atoms with E-state index in [1.54, 1.807) is 0 Å². The molecular formula is C14H26N2O. The largest absolute Gasteiger partial charge is 0.339 e. The molecule has 1 aliphatic heterocycles. The summed E-state index contributed by atoms with van der Waals surface area (Å²) in [5.74, 6) is 1.57. The number of hydrogen-bond donors (Lipinski definition) is 1. The predicted molar refractivity (Wildman–Crippen MR) is 69.5 cm³/mol. The van der Waals surface area contributed by atoms with E-state index < -0.39 is 0 Å². The SMILES string of the molecule is CCCCC1CCC(C(=O)N2CC(N)C2)CC1. The maximum atomic E-state index is 12.1. The Morgan fingerprint density at radius 3 is 2.41 bits per heavy atom. The first kappa shape index (κ1) is 12.9. The van der Waals surface area contributed by atoms with E-state index in [0.29, 0.717) is 11.8 Å². The lowest BCUT2D eigenvalue weighted by molar-refractivity contribution is -0.141. The highest BCUT2D eigenvalue weighted by Gasteiger charge is 2.34. The summed E-state index contributed by atoms with van der Waals surface area (Å²) in [5.41, 5.74) is 5.72. The van der Waals surface area contributed by atoms with Gasteiger partial charge in [-0.3, -0.25) is 4.79 Å². The number of likely N-dealkylation sites (tertiary alicyclic amines) is 1. The molecule has 2 rings (SSSR count). The van der Waals surface area contributed by atoms with E-state index in [1.165, 1.54) is 32.1 Å². The van der Waals surface area contributed by atoms with E-state index in [2.05, 4.69) is 6.92 Å². The highest BCUT2D eigenvalue weighted by molar-refractivity contribution is 5.79. The Morgan fingerprint density at radius 2 is 1.88 bits per heavy atom. The van der Waals surface area contributed by atoms with Crippen molar-refractivity contribution in [3.05, 3.63) is 0 Å². The van der Waals surface area contributed by atoms with Crippen molar-refractivity contribution in [1.82, 2.24) is 4.90 Å². The summed E-state index contributed by atoms with van der Waals surface area (Å²) in [6.07, 6.45) is 8.76. The highest BCUT2D eigenvalue weighted by Crippen LogP contribution is 2.33. The van der Waals surface area contributed by atoms with E-state index >= 15 is 0 Å². The van der Waals surface area contributed by atoms with Crippen LogP contribution in [0, 0.1) is 11.8 Å². The number of carbonyl (C=O) groups excluding carboxylic acids is 1. The van der Waals surface area contributed by atoms with Crippen LogP contribution >= 0.6 is 0 Å². The van der Waals surface area contributed by atoms with Crippen LogP contribution in [0.5, 0.6) is 0 Å². The van der Waals surface area contributed by atoms with Crippen LogP contribution in [0.15, 0.2) is 0 Å². The van der Waals surface area contributed by atoms with Crippen LogP contribution in [0.4, 0.5) is 0 Å². The number of rotatable bonds is 4. The third-order valence-electron chi connectivity index (χ3n) is 4.38. The van der Waals surface area contributed by atoms with Crippen LogP contribution in [0.2, 0.25) is 0 Å². The molecule has 1 saturated heterocycles. The smallest absolute Gasteiger partial charge is 0.225 e. The number of carbonyl (C=O) groups is 1. The average molecular weight is 238 g/mol. The number of hydrogen-bond acceptors (Lipinski definition) is 2. The van der Waals surface area contributed by atoms with Gasteiger partial charge < -0.3 is 10.6 Å². The summed E-state index contributed by atoms with van der Waals surface area (Å²) in [5, 5.41) is 0. The van der Waals surface area contributed by atoms with Gasteiger partial charge in [-0.2, -0.15) is 0 Å². The van der Waals surface area contributed by atoms with Crippen LogP contribution in [0.1, 0.15) is 51.9 Å². The van der Waals surface area contributed by atoms with Gasteiger partial charge in [-0.15, -0.1) is 0 Å². The molecule has 0 bridgehead atoms. The van der Waals surface area contributed by atoms with E-state index in [-0.39, 0.29) is 6.04 Å². The van der Waals surface area contributed by atoms with Crippen LogP contribution < -0.4 is 5.73 Å². The predicted octanol–water partition coefficient (Wildman–Crippen LogP) is 2.15. The summed E-state index contributed by atoms with van der Waals surface area (Å²) in [4.78, 5) is 14.1. The maximum absolute atomic E-state index is 12.1. The first-order chi connectivity index (χ1) is 8.20. The zero-order chi connectivity index (χ0) is 12.3. The van der Waals surface area contributed by atoms with Crippen molar-refractivity contribution < 1.29 is 4.79 Å². The standard InChI is InChI=1S/C14H26N2O/c1-2-3-4-11-5-7-12(8-6-11)14(17)16-9-13(15)10-16/h11-13H,2-10,15H2,1H3. The molecule has 0 atom stereocenters. The summed E-state index contributed by atoms with van der Waals surface area (Å²) >= 11 is 0. The Bertz CT molecular complexity index is 253. The molecule has 0 aromatic carbocycles. The fraction of sp³-hybridized carbons (Fsp3) is 0.929. The molecule has 1 aliphatic carbocycles. The van der Waals surface area contributed by atoms with Crippen molar-refractivity contribution in [3.8, 4) is 0 Å². The second kappa shape index (κ2) is 5.85. The van der Waals surface area contributed by atoms with Gasteiger partial charge in [0.05, 0.1) is 0 Å². The Balaban J connectivity index is 1.69. The van der Waals surface area contributed by atoms with Crippen molar-refractivity contribution in [2.24, 2.45) is 17.6 Å². The van der Waals surface area contributed by atoms with Crippen molar-refractivity contribution >= 4 is 5.91 Å². The third kappa shape index (κ3) is 3.21. The lowest BCUT2D eigenvalue weighted by atomic mass is 9.79. The fourth-order valence-electron chi connectivity index (χ4n) is 3.14. The average Bonchev–Trinajstić information content (AvgIpc) is 2.32. The number of nitrogens with two attached hydrogens (primary N) is 1. The minimum absolute atomic E-state index is 0.236. The zero-order valence-corrected chi connectivity index (χ0v) is 11.0. The van der Waals surface area contributed by atoms with Gasteiger partial charge >= 0.3 is 0 Å². The second-order valence-corrected chi connectivity index (χ2v) is 5.86. The minimum Gasteiger partial charge on any atom is -0.339 e. The normalized spacial score (nSPS) is 30.1. The molecule has 0 spiro atoms. The molecule has 1 amide bonds. The van der Waals surface area contributed by atoms with E-state index in [1.807, 2.05) is 4.90 Å². The molecule has 0 aromatic heterocycles. The summed E-state index contributed by atoms with van der Waals surface area (Å²) < 4.78 is 0. The van der Waals surface area contributed by atoms with Crippen molar-refractivity contribution in [3.63, 3.8) is 0 Å². The highest BCUT2D eigenvalue weighted by atomic mass is 16.2. The Kier molecular flexibility index (Phi) is 4.43. The first-order valence-electron chi connectivity index (χ1n) is 7.25. The minimum atomic E-state index is 0.236. The molecule has 98 valence electrons. The number of unbranched alkanes of at least 4 members (excludes halogenated alkanes) is 1. The molecule has 2 aliphatic rings. The molecule has 3 nitrogen and oxygen atoms in total. The number of nitrogens with zero attached hydrogens (tertiary/aromatic N) is 1. The number of amides is 1. The molecule has 0 unspecified atom stereocenters. The lowest BCUT2D eigenvalue weighted by Crippen LogP contribution is -2.59. The van der Waals surface area contributed by atoms with Gasteiger partial charge in [-0.1, -0.05) is 26.2 Å². The molecule has 2 fully saturated rings. The van der Waals surface area contributed by atoms with Gasteiger partial charge in [-0.05, 0) is 31.6 Å². The van der Waals surface area contributed by atoms with Crippen molar-refractivity contribution in [1.29, 1.82) is 0 Å². The Hall–Kier alpha value is -0.570. The van der Waals surface area contributed by atoms with Crippen LogP contribution in [-0.4, -0.2) is 29.9 Å². The summed E-state index contributed by atoms with van der Waals surface area (Å²) in [6, 6.07) is 0.236. The Labute approximate surface area is 105 Å². The van der Waals surface area contributed by atoms with Crippen molar-refractivity contribution in [2.45, 2.75) is 57.9 Å². The molecule has 2 N–H and O–H groups in total. The van der Waals surface area contributed by atoms with Crippen LogP contribution in [0.3, 0.4) is 0 Å². The van der Waals surface area contributed by atoms with E-state index in [0.717, 1.165) is 31.8 Å². The molecular weight excluding hydrogens is 212 g/mol. The summed E-state index contributed by atoms with van der Waals surface area (Å²) in [6.45, 7) is 3.82. The van der Waals surface area contributed by atoms with Gasteiger partial charge in [0, 0.05) is 25.0 Å². The van der Waals surface area contributed by atoms with Crippen LogP contribution in [0.25, 0.3) is 0 Å².